The smallest absolute Gasteiger partial charge is 0.243 e. The van der Waals surface area contributed by atoms with Crippen LogP contribution in [-0.2, 0) is 17.8 Å². The van der Waals surface area contributed by atoms with Gasteiger partial charge in [0, 0.05) is 6.42 Å². The number of nitrogens with one attached hydrogen (secondary N) is 1. The Morgan fingerprint density at radius 2 is 2.54 bits per heavy atom. The summed E-state index contributed by atoms with van der Waals surface area (Å²) in [6.07, 6.45) is 2.06. The van der Waals surface area contributed by atoms with Gasteiger partial charge in [0.2, 0.25) is 5.91 Å². The Morgan fingerprint density at radius 1 is 1.77 bits per heavy atom. The second-order valence-electron chi connectivity index (χ2n) is 2.38. The third kappa shape index (κ3) is 2.95. The standard InChI is InChI=1S/C8H11N3OS/c1-3-6-10-8(13-11-6)5-9-7(12)4-2/h4H,2-3,5H2,1H3,(H,9,12). The first-order chi connectivity index (χ1) is 6.26. The van der Waals surface area contributed by atoms with E-state index in [0.717, 1.165) is 17.3 Å². The molecule has 0 saturated heterocycles. The lowest BCUT2D eigenvalue weighted by atomic mass is 10.5. The highest BCUT2D eigenvalue weighted by molar-refractivity contribution is 7.05. The van der Waals surface area contributed by atoms with Gasteiger partial charge in [-0.2, -0.15) is 4.37 Å². The van der Waals surface area contributed by atoms with E-state index in [2.05, 4.69) is 21.3 Å². The highest BCUT2D eigenvalue weighted by atomic mass is 32.1. The number of nitrogens with zero attached hydrogens (tertiary/aromatic N) is 2. The monoisotopic (exact) mass is 197 g/mol. The van der Waals surface area contributed by atoms with Gasteiger partial charge in [0.1, 0.15) is 10.8 Å². The molecular weight excluding hydrogens is 186 g/mol. The largest absolute Gasteiger partial charge is 0.346 e. The van der Waals surface area contributed by atoms with Gasteiger partial charge in [-0.3, -0.25) is 4.79 Å². The van der Waals surface area contributed by atoms with Crippen molar-refractivity contribution in [1.29, 1.82) is 0 Å². The van der Waals surface area contributed by atoms with Gasteiger partial charge in [-0.15, -0.1) is 0 Å². The highest BCUT2D eigenvalue weighted by Gasteiger charge is 2.02. The van der Waals surface area contributed by atoms with E-state index in [9.17, 15) is 4.79 Å². The van der Waals surface area contributed by atoms with Crippen LogP contribution < -0.4 is 5.32 Å². The molecule has 0 aliphatic rings. The Hall–Kier alpha value is -1.23. The molecule has 0 aliphatic carbocycles. The first kappa shape index (κ1) is 9.85. The average molecular weight is 197 g/mol. The lowest BCUT2D eigenvalue weighted by molar-refractivity contribution is -0.116. The van der Waals surface area contributed by atoms with Crippen LogP contribution in [-0.4, -0.2) is 15.3 Å². The van der Waals surface area contributed by atoms with Crippen molar-refractivity contribution < 1.29 is 4.79 Å². The van der Waals surface area contributed by atoms with E-state index in [0.29, 0.717) is 6.54 Å². The fourth-order valence-electron chi connectivity index (χ4n) is 0.740. The van der Waals surface area contributed by atoms with Gasteiger partial charge >= 0.3 is 0 Å². The Bertz CT molecular complexity index is 308. The lowest BCUT2D eigenvalue weighted by Gasteiger charge is -1.95. The van der Waals surface area contributed by atoms with E-state index in [-0.39, 0.29) is 5.91 Å². The predicted octanol–water partition coefficient (Wildman–Crippen LogP) is 0.903. The highest BCUT2D eigenvalue weighted by Crippen LogP contribution is 2.04. The summed E-state index contributed by atoms with van der Waals surface area (Å²) in [5.74, 6) is 0.640. The van der Waals surface area contributed by atoms with E-state index in [1.54, 1.807) is 0 Å². The minimum absolute atomic E-state index is 0.187. The molecule has 0 aliphatic heterocycles. The van der Waals surface area contributed by atoms with Gasteiger partial charge in [0.25, 0.3) is 0 Å². The predicted molar refractivity (Wildman–Crippen MR) is 51.3 cm³/mol. The van der Waals surface area contributed by atoms with Crippen molar-refractivity contribution in [2.75, 3.05) is 0 Å². The summed E-state index contributed by atoms with van der Waals surface area (Å²) in [4.78, 5) is 15.0. The van der Waals surface area contributed by atoms with E-state index in [4.69, 9.17) is 0 Å². The number of carbonyl (C=O) groups excluding carboxylic acids is 1. The fourth-order valence-corrected chi connectivity index (χ4v) is 1.40. The summed E-state index contributed by atoms with van der Waals surface area (Å²) in [6, 6.07) is 0. The summed E-state index contributed by atoms with van der Waals surface area (Å²) in [6.45, 7) is 5.78. The number of aryl methyl sites for hydroxylation is 1. The van der Waals surface area contributed by atoms with Crippen molar-refractivity contribution in [2.24, 2.45) is 0 Å². The van der Waals surface area contributed by atoms with Crippen molar-refractivity contribution in [3.05, 3.63) is 23.5 Å². The average Bonchev–Trinajstić information content (AvgIpc) is 2.61. The summed E-state index contributed by atoms with van der Waals surface area (Å²) < 4.78 is 4.09. The van der Waals surface area contributed by atoms with E-state index >= 15 is 0 Å². The minimum atomic E-state index is -0.187. The summed E-state index contributed by atoms with van der Waals surface area (Å²) in [5.41, 5.74) is 0. The van der Waals surface area contributed by atoms with Gasteiger partial charge < -0.3 is 5.32 Å². The SMILES string of the molecule is C=CC(=O)NCc1nc(CC)ns1. The van der Waals surface area contributed by atoms with Crippen molar-refractivity contribution >= 4 is 17.4 Å². The molecule has 0 saturated carbocycles. The topological polar surface area (TPSA) is 54.9 Å². The molecule has 1 rings (SSSR count). The van der Waals surface area contributed by atoms with Crippen molar-refractivity contribution in [2.45, 2.75) is 19.9 Å². The van der Waals surface area contributed by atoms with Gasteiger partial charge in [-0.05, 0) is 17.6 Å². The lowest BCUT2D eigenvalue weighted by Crippen LogP contribution is -2.19. The van der Waals surface area contributed by atoms with Crippen LogP contribution in [0.4, 0.5) is 0 Å². The third-order valence-electron chi connectivity index (χ3n) is 1.43. The van der Waals surface area contributed by atoms with Crippen LogP contribution in [0.1, 0.15) is 17.8 Å². The van der Waals surface area contributed by atoms with Crippen molar-refractivity contribution in [1.82, 2.24) is 14.7 Å². The first-order valence-electron chi connectivity index (χ1n) is 3.98. The maximum absolute atomic E-state index is 10.8. The van der Waals surface area contributed by atoms with Gasteiger partial charge in [0.05, 0.1) is 6.54 Å². The van der Waals surface area contributed by atoms with Crippen molar-refractivity contribution in [3.8, 4) is 0 Å². The normalized spacial score (nSPS) is 9.62. The Labute approximate surface area is 80.9 Å². The van der Waals surface area contributed by atoms with Crippen LogP contribution in [0.5, 0.6) is 0 Å². The maximum Gasteiger partial charge on any atom is 0.243 e. The van der Waals surface area contributed by atoms with Crippen LogP contribution in [0, 0.1) is 0 Å². The summed E-state index contributed by atoms with van der Waals surface area (Å²) in [5, 5.41) is 3.46. The van der Waals surface area contributed by atoms with Crippen LogP contribution in [0.3, 0.4) is 0 Å². The number of carbonyl (C=O) groups is 1. The Morgan fingerprint density at radius 3 is 3.08 bits per heavy atom. The molecule has 70 valence electrons. The van der Waals surface area contributed by atoms with Crippen LogP contribution in [0.25, 0.3) is 0 Å². The molecule has 1 N–H and O–H groups in total. The molecule has 1 aromatic heterocycles. The second-order valence-corrected chi connectivity index (χ2v) is 3.22. The molecule has 0 aromatic carbocycles. The molecular formula is C8H11N3OS. The Balaban J connectivity index is 2.45. The zero-order chi connectivity index (χ0) is 9.68. The quantitative estimate of drug-likeness (QED) is 0.730. The molecule has 0 bridgehead atoms. The maximum atomic E-state index is 10.8. The van der Waals surface area contributed by atoms with E-state index < -0.39 is 0 Å². The molecule has 0 fully saturated rings. The molecule has 0 atom stereocenters. The number of hydrogen-bond acceptors (Lipinski definition) is 4. The number of rotatable bonds is 4. The molecule has 13 heavy (non-hydrogen) atoms. The van der Waals surface area contributed by atoms with Gasteiger partial charge in [0.15, 0.2) is 0 Å². The molecule has 5 heteroatoms. The van der Waals surface area contributed by atoms with E-state index in [1.165, 1.54) is 17.6 Å². The van der Waals surface area contributed by atoms with E-state index in [1.807, 2.05) is 6.92 Å². The molecule has 4 nitrogen and oxygen atoms in total. The Kier molecular flexibility index (Phi) is 3.57. The molecule has 0 spiro atoms. The number of amides is 1. The third-order valence-corrected chi connectivity index (χ3v) is 2.17. The minimum Gasteiger partial charge on any atom is -0.346 e. The first-order valence-corrected chi connectivity index (χ1v) is 4.75. The van der Waals surface area contributed by atoms with Crippen molar-refractivity contribution in [3.63, 3.8) is 0 Å². The van der Waals surface area contributed by atoms with Crippen LogP contribution in [0.2, 0.25) is 0 Å². The van der Waals surface area contributed by atoms with Crippen LogP contribution in [0.15, 0.2) is 12.7 Å². The summed E-state index contributed by atoms with van der Waals surface area (Å²) in [7, 11) is 0. The molecule has 0 unspecified atom stereocenters. The zero-order valence-corrected chi connectivity index (χ0v) is 8.23. The van der Waals surface area contributed by atoms with Gasteiger partial charge in [-0.1, -0.05) is 13.5 Å². The van der Waals surface area contributed by atoms with Crippen LogP contribution >= 0.6 is 11.5 Å². The second kappa shape index (κ2) is 4.71. The van der Waals surface area contributed by atoms with Gasteiger partial charge in [-0.25, -0.2) is 4.98 Å². The molecule has 0 radical (unpaired) electrons. The number of aromatic nitrogens is 2. The molecule has 1 amide bonds. The summed E-state index contributed by atoms with van der Waals surface area (Å²) >= 11 is 1.32. The number of hydrogen-bond donors (Lipinski definition) is 1. The zero-order valence-electron chi connectivity index (χ0n) is 7.41. The fraction of sp³-hybridized carbons (Fsp3) is 0.375. The molecule has 1 aromatic rings. The molecule has 1 heterocycles.